The van der Waals surface area contributed by atoms with Gasteiger partial charge in [-0.15, -0.1) is 0 Å². The summed E-state index contributed by atoms with van der Waals surface area (Å²) in [7, 11) is 0. The first-order valence-electron chi connectivity index (χ1n) is 20.4. The summed E-state index contributed by atoms with van der Waals surface area (Å²) in [6.07, 6.45) is 3.56. The predicted molar refractivity (Wildman–Crippen MR) is 249 cm³/mol. The van der Waals surface area contributed by atoms with E-state index in [1.54, 1.807) is 12.4 Å². The molecule has 12 aromatic rings. The van der Waals surface area contributed by atoms with E-state index in [1.165, 1.54) is 21.5 Å². The van der Waals surface area contributed by atoms with Gasteiger partial charge in [0.2, 0.25) is 0 Å². The molecular formula is C55H34N6. The Kier molecular flexibility index (Phi) is 8.06. The number of hydrogen-bond donors (Lipinski definition) is 0. The lowest BCUT2D eigenvalue weighted by Crippen LogP contribution is -2.01. The molecule has 0 aliphatic carbocycles. The van der Waals surface area contributed by atoms with Gasteiger partial charge >= 0.3 is 0 Å². The van der Waals surface area contributed by atoms with Crippen LogP contribution in [0, 0.1) is 0 Å². The quantitative estimate of drug-likeness (QED) is 0.157. The summed E-state index contributed by atoms with van der Waals surface area (Å²) in [5, 5.41) is 6.89. The van der Waals surface area contributed by atoms with Gasteiger partial charge in [-0.25, -0.2) is 15.0 Å². The first-order chi connectivity index (χ1) is 30.2. The van der Waals surface area contributed by atoms with Crippen LogP contribution in [0.1, 0.15) is 0 Å². The summed E-state index contributed by atoms with van der Waals surface area (Å²) in [4.78, 5) is 25.1. The van der Waals surface area contributed by atoms with Crippen LogP contribution in [0.25, 0.3) is 116 Å². The molecule has 0 unspecified atom stereocenters. The third kappa shape index (κ3) is 5.92. The number of nitrogens with zero attached hydrogens (tertiary/aromatic N) is 6. The Labute approximate surface area is 351 Å². The van der Waals surface area contributed by atoms with E-state index < -0.39 is 0 Å². The zero-order chi connectivity index (χ0) is 40.3. The Hall–Kier alpha value is -8.35. The Morgan fingerprint density at radius 2 is 0.770 bits per heavy atom. The average molecular weight is 779 g/mol. The average Bonchev–Trinajstić information content (AvgIpc) is 3.67. The van der Waals surface area contributed by atoms with Gasteiger partial charge in [0.15, 0.2) is 17.5 Å². The first kappa shape index (κ1) is 34.7. The monoisotopic (exact) mass is 778 g/mol. The molecule has 0 N–H and O–H groups in total. The van der Waals surface area contributed by atoms with Crippen molar-refractivity contribution in [3.8, 4) is 62.1 Å². The van der Waals surface area contributed by atoms with Crippen molar-refractivity contribution in [2.75, 3.05) is 0 Å². The highest BCUT2D eigenvalue weighted by Crippen LogP contribution is 2.40. The maximum Gasteiger partial charge on any atom is 0.164 e. The van der Waals surface area contributed by atoms with Crippen LogP contribution in [0.2, 0.25) is 0 Å². The van der Waals surface area contributed by atoms with E-state index in [4.69, 9.17) is 24.9 Å². The second-order valence-electron chi connectivity index (χ2n) is 15.3. The second-order valence-corrected chi connectivity index (χ2v) is 15.3. The molecule has 0 radical (unpaired) electrons. The van der Waals surface area contributed by atoms with E-state index in [2.05, 4.69) is 187 Å². The van der Waals surface area contributed by atoms with Crippen molar-refractivity contribution >= 4 is 54.4 Å². The molecule has 0 saturated heterocycles. The molecule has 284 valence electrons. The molecule has 0 amide bonds. The van der Waals surface area contributed by atoms with Crippen LogP contribution in [-0.2, 0) is 0 Å². The van der Waals surface area contributed by atoms with Crippen molar-refractivity contribution in [1.29, 1.82) is 0 Å². The van der Waals surface area contributed by atoms with Crippen molar-refractivity contribution < 1.29 is 0 Å². The fourth-order valence-corrected chi connectivity index (χ4v) is 8.83. The van der Waals surface area contributed by atoms with Crippen LogP contribution in [0.3, 0.4) is 0 Å². The summed E-state index contributed by atoms with van der Waals surface area (Å²) >= 11 is 0. The zero-order valence-electron chi connectivity index (χ0n) is 32.8. The fraction of sp³-hybridized carbons (Fsp3) is 0. The molecule has 0 aliphatic rings. The van der Waals surface area contributed by atoms with E-state index in [9.17, 15) is 0 Å². The molecule has 6 heteroatoms. The van der Waals surface area contributed by atoms with Gasteiger partial charge in [-0.2, -0.15) is 0 Å². The van der Waals surface area contributed by atoms with Gasteiger partial charge in [-0.1, -0.05) is 140 Å². The minimum Gasteiger partial charge on any atom is -0.309 e. The van der Waals surface area contributed by atoms with Crippen LogP contribution in [0.5, 0.6) is 0 Å². The highest BCUT2D eigenvalue weighted by atomic mass is 15.0. The summed E-state index contributed by atoms with van der Waals surface area (Å²) in [6, 6.07) is 68.0. The zero-order valence-corrected chi connectivity index (χ0v) is 32.8. The van der Waals surface area contributed by atoms with Gasteiger partial charge in [-0.3, -0.25) is 9.97 Å². The van der Waals surface area contributed by atoms with E-state index in [1.807, 2.05) is 12.1 Å². The van der Waals surface area contributed by atoms with Gasteiger partial charge in [0, 0.05) is 56.3 Å². The molecule has 61 heavy (non-hydrogen) atoms. The number of para-hydroxylation sites is 1. The van der Waals surface area contributed by atoms with Crippen LogP contribution < -0.4 is 0 Å². The van der Waals surface area contributed by atoms with Gasteiger partial charge in [0.05, 0.1) is 22.1 Å². The lowest BCUT2D eigenvalue weighted by molar-refractivity contribution is 1.07. The molecular weight excluding hydrogens is 745 g/mol. The second kappa shape index (κ2) is 14.2. The Bertz CT molecular complexity index is 3530. The molecule has 6 nitrogen and oxygen atoms in total. The summed E-state index contributed by atoms with van der Waals surface area (Å²) in [5.41, 5.74) is 12.3. The topological polar surface area (TPSA) is 69.4 Å². The SMILES string of the molecule is c1ccc(-c2cccc(-c3nc(-c4ccc(-n5c6ccccc6c6cc7c8ccccc8c8nccnc8c7cc65)cc4)nc(-c4cccc(-c5ccccc5)c4)n3)c2)cc1. The van der Waals surface area contributed by atoms with E-state index in [-0.39, 0.29) is 0 Å². The molecule has 0 bridgehead atoms. The number of rotatable bonds is 6. The summed E-state index contributed by atoms with van der Waals surface area (Å²) in [6.45, 7) is 0. The van der Waals surface area contributed by atoms with Crippen molar-refractivity contribution in [2.24, 2.45) is 0 Å². The van der Waals surface area contributed by atoms with Crippen LogP contribution >= 0.6 is 0 Å². The smallest absolute Gasteiger partial charge is 0.164 e. The lowest BCUT2D eigenvalue weighted by atomic mass is 9.97. The molecule has 3 aromatic heterocycles. The van der Waals surface area contributed by atoms with E-state index in [0.717, 1.165) is 77.5 Å². The van der Waals surface area contributed by atoms with Gasteiger partial charge < -0.3 is 4.57 Å². The molecule has 0 atom stereocenters. The van der Waals surface area contributed by atoms with Gasteiger partial charge in [-0.05, 0) is 87.6 Å². The van der Waals surface area contributed by atoms with Crippen molar-refractivity contribution in [2.45, 2.75) is 0 Å². The summed E-state index contributed by atoms with van der Waals surface area (Å²) in [5.74, 6) is 1.83. The van der Waals surface area contributed by atoms with Crippen molar-refractivity contribution in [3.63, 3.8) is 0 Å². The van der Waals surface area contributed by atoms with Crippen molar-refractivity contribution in [3.05, 3.63) is 207 Å². The molecule has 12 rings (SSSR count). The minimum absolute atomic E-state index is 0.604. The molecule has 9 aromatic carbocycles. The predicted octanol–water partition coefficient (Wildman–Crippen LogP) is 13.6. The number of fused-ring (bicyclic) bond motifs is 9. The molecule has 3 heterocycles. The maximum atomic E-state index is 5.15. The standard InChI is InChI=1S/C55H34N6/c1-3-13-35(14-4-1)38-17-11-19-40(31-38)54-58-53(59-55(60-54)41-20-12-18-39(32-41)36-15-5-2-6-16-36)37-25-27-42(28-26-37)61-49-24-10-9-22-44(49)47-33-46-43-21-7-8-23-45(43)51-52(57-30-29-56-51)48(46)34-50(47)61/h1-34H. The third-order valence-corrected chi connectivity index (χ3v) is 11.7. The number of benzene rings is 9. The molecule has 0 aliphatic heterocycles. The first-order valence-corrected chi connectivity index (χ1v) is 20.4. The van der Waals surface area contributed by atoms with E-state index in [0.29, 0.717) is 17.5 Å². The van der Waals surface area contributed by atoms with Crippen molar-refractivity contribution in [1.82, 2.24) is 29.5 Å². The maximum absolute atomic E-state index is 5.15. The Morgan fingerprint density at radius 3 is 1.39 bits per heavy atom. The normalized spacial score (nSPS) is 11.6. The number of hydrogen-bond acceptors (Lipinski definition) is 5. The fourth-order valence-electron chi connectivity index (χ4n) is 8.83. The largest absolute Gasteiger partial charge is 0.309 e. The van der Waals surface area contributed by atoms with Gasteiger partial charge in [0.25, 0.3) is 0 Å². The summed E-state index contributed by atoms with van der Waals surface area (Å²) < 4.78 is 2.35. The number of aromatic nitrogens is 6. The minimum atomic E-state index is 0.604. The van der Waals surface area contributed by atoms with Crippen LogP contribution in [0.15, 0.2) is 207 Å². The molecule has 0 spiro atoms. The Balaban J connectivity index is 1.02. The highest BCUT2D eigenvalue weighted by molar-refractivity contribution is 6.27. The van der Waals surface area contributed by atoms with E-state index >= 15 is 0 Å². The van der Waals surface area contributed by atoms with Gasteiger partial charge in [0.1, 0.15) is 0 Å². The lowest BCUT2D eigenvalue weighted by Gasteiger charge is -2.12. The third-order valence-electron chi connectivity index (χ3n) is 11.7. The molecule has 0 fully saturated rings. The van der Waals surface area contributed by atoms with Crippen LogP contribution in [-0.4, -0.2) is 29.5 Å². The molecule has 0 saturated carbocycles. The van der Waals surface area contributed by atoms with Crippen LogP contribution in [0.4, 0.5) is 0 Å². The highest BCUT2D eigenvalue weighted by Gasteiger charge is 2.19. The Morgan fingerprint density at radius 1 is 0.279 bits per heavy atom.